The van der Waals surface area contributed by atoms with Crippen LogP contribution in [0.2, 0.25) is 0 Å². The van der Waals surface area contributed by atoms with Crippen LogP contribution in [-0.2, 0) is 24.8 Å². The number of hydrogen-bond donors (Lipinski definition) is 2. The highest BCUT2D eigenvalue weighted by Crippen LogP contribution is 2.30. The lowest BCUT2D eigenvalue weighted by molar-refractivity contribution is -0.129. The first kappa shape index (κ1) is 17.3. The summed E-state index contributed by atoms with van der Waals surface area (Å²) in [6.07, 6.45) is 9.83. The summed E-state index contributed by atoms with van der Waals surface area (Å²) >= 11 is 0. The number of hydrogen-bond acceptors (Lipinski definition) is 4. The second kappa shape index (κ2) is 6.86. The predicted molar refractivity (Wildman–Crippen MR) is 100 cm³/mol. The van der Waals surface area contributed by atoms with Crippen LogP contribution in [0.1, 0.15) is 30.2 Å². The molecule has 0 unspecified atom stereocenters. The number of aromatic nitrogens is 4. The fourth-order valence-electron chi connectivity index (χ4n) is 3.51. The quantitative estimate of drug-likeness (QED) is 0.873. The number of halogens is 1. The SMILES string of the molecule is CC(=O)N1CCc2c(c(NC3=CCC=C(c4cn[nH]c4)C(F)=C3)nn2C)C1. The van der Waals surface area contributed by atoms with Crippen molar-refractivity contribution in [3.63, 3.8) is 0 Å². The van der Waals surface area contributed by atoms with Gasteiger partial charge in [-0.3, -0.25) is 14.6 Å². The van der Waals surface area contributed by atoms with Gasteiger partial charge in [-0.2, -0.15) is 10.2 Å². The van der Waals surface area contributed by atoms with Gasteiger partial charge in [-0.15, -0.1) is 0 Å². The standard InChI is InChI=1S/C19H21FN6O/c1-12(27)26-7-6-18-16(11-26)19(24-25(18)2)23-14-4-3-5-15(17(20)8-14)13-9-21-22-10-13/h4-5,8-10H,3,6-7,11H2,1-2H3,(H,21,22)(H,23,24). The van der Waals surface area contributed by atoms with Crippen molar-refractivity contribution in [2.75, 3.05) is 11.9 Å². The highest BCUT2D eigenvalue weighted by atomic mass is 19.1. The van der Waals surface area contributed by atoms with Crippen LogP contribution in [-0.4, -0.2) is 37.3 Å². The van der Waals surface area contributed by atoms with Crippen molar-refractivity contribution in [3.8, 4) is 0 Å². The van der Waals surface area contributed by atoms with Gasteiger partial charge in [-0.1, -0.05) is 12.2 Å². The number of aryl methyl sites for hydroxylation is 1. The molecule has 0 atom stereocenters. The number of fused-ring (bicyclic) bond motifs is 1. The molecule has 2 N–H and O–H groups in total. The lowest BCUT2D eigenvalue weighted by atomic mass is 10.1. The normalized spacial score (nSPS) is 16.9. The zero-order valence-corrected chi connectivity index (χ0v) is 15.3. The number of allylic oxidation sites excluding steroid dienone is 5. The van der Waals surface area contributed by atoms with Crippen LogP contribution in [0.15, 0.2) is 42.1 Å². The first-order valence-corrected chi connectivity index (χ1v) is 8.87. The maximum absolute atomic E-state index is 14.7. The zero-order valence-electron chi connectivity index (χ0n) is 15.3. The van der Waals surface area contributed by atoms with Crippen molar-refractivity contribution >= 4 is 17.3 Å². The number of amides is 1. The molecule has 4 rings (SSSR count). The lowest BCUT2D eigenvalue weighted by Gasteiger charge is -2.26. The summed E-state index contributed by atoms with van der Waals surface area (Å²) in [6, 6.07) is 0. The number of nitrogens with one attached hydrogen (secondary N) is 2. The van der Waals surface area contributed by atoms with Gasteiger partial charge in [0.05, 0.1) is 12.7 Å². The summed E-state index contributed by atoms with van der Waals surface area (Å²) in [6.45, 7) is 2.78. The second-order valence-corrected chi connectivity index (χ2v) is 6.71. The van der Waals surface area contributed by atoms with E-state index in [0.717, 1.165) is 17.7 Å². The Morgan fingerprint density at radius 2 is 2.22 bits per heavy atom. The van der Waals surface area contributed by atoms with Crippen molar-refractivity contribution in [2.45, 2.75) is 26.3 Å². The second-order valence-electron chi connectivity index (χ2n) is 6.71. The average Bonchev–Trinajstić information content (AvgIpc) is 3.22. The van der Waals surface area contributed by atoms with Gasteiger partial charge in [0, 0.05) is 61.2 Å². The molecule has 7 nitrogen and oxygen atoms in total. The summed E-state index contributed by atoms with van der Waals surface area (Å²) in [7, 11) is 1.89. The maximum atomic E-state index is 14.7. The topological polar surface area (TPSA) is 78.8 Å². The van der Waals surface area contributed by atoms with Gasteiger partial charge >= 0.3 is 0 Å². The van der Waals surface area contributed by atoms with Crippen molar-refractivity contribution in [3.05, 3.63) is 59.0 Å². The van der Waals surface area contributed by atoms with Crippen LogP contribution < -0.4 is 5.32 Å². The van der Waals surface area contributed by atoms with E-state index in [-0.39, 0.29) is 11.7 Å². The minimum absolute atomic E-state index is 0.0454. The number of anilines is 1. The third-order valence-corrected chi connectivity index (χ3v) is 4.96. The molecule has 0 spiro atoms. The number of rotatable bonds is 3. The molecule has 1 amide bonds. The molecule has 2 aromatic heterocycles. The fourth-order valence-corrected chi connectivity index (χ4v) is 3.51. The molecule has 1 aliphatic carbocycles. The van der Waals surface area contributed by atoms with Crippen molar-refractivity contribution in [1.82, 2.24) is 24.9 Å². The lowest BCUT2D eigenvalue weighted by Crippen LogP contribution is -2.34. The zero-order chi connectivity index (χ0) is 19.0. The van der Waals surface area contributed by atoms with Gasteiger partial charge in [-0.25, -0.2) is 4.39 Å². The van der Waals surface area contributed by atoms with E-state index >= 15 is 0 Å². The minimum Gasteiger partial charge on any atom is -0.339 e. The molecule has 3 heterocycles. The van der Waals surface area contributed by atoms with Crippen molar-refractivity contribution in [2.24, 2.45) is 7.05 Å². The number of aromatic amines is 1. The van der Waals surface area contributed by atoms with Crippen LogP contribution in [0, 0.1) is 0 Å². The van der Waals surface area contributed by atoms with E-state index in [4.69, 9.17) is 0 Å². The van der Waals surface area contributed by atoms with E-state index in [0.29, 0.717) is 42.2 Å². The highest BCUT2D eigenvalue weighted by molar-refractivity contribution is 5.78. The third kappa shape index (κ3) is 3.30. The number of H-pyrrole nitrogens is 1. The first-order valence-electron chi connectivity index (χ1n) is 8.87. The molecule has 0 fully saturated rings. The van der Waals surface area contributed by atoms with Gasteiger partial charge in [0.25, 0.3) is 0 Å². The van der Waals surface area contributed by atoms with E-state index in [9.17, 15) is 9.18 Å². The number of carbonyl (C=O) groups is 1. The predicted octanol–water partition coefficient (Wildman–Crippen LogP) is 2.68. The highest BCUT2D eigenvalue weighted by Gasteiger charge is 2.25. The summed E-state index contributed by atoms with van der Waals surface area (Å²) in [4.78, 5) is 13.5. The molecule has 140 valence electrons. The molecule has 27 heavy (non-hydrogen) atoms. The van der Waals surface area contributed by atoms with Crippen LogP contribution in [0.25, 0.3) is 5.57 Å². The first-order chi connectivity index (χ1) is 13.0. The summed E-state index contributed by atoms with van der Waals surface area (Å²) in [5.41, 5.74) is 3.96. The minimum atomic E-state index is -0.331. The molecule has 2 aromatic rings. The van der Waals surface area contributed by atoms with Crippen molar-refractivity contribution < 1.29 is 9.18 Å². The molecular formula is C19H21FN6O. The molecule has 8 heteroatoms. The van der Waals surface area contributed by atoms with Crippen LogP contribution in [0.4, 0.5) is 10.2 Å². The van der Waals surface area contributed by atoms with Gasteiger partial charge in [0.1, 0.15) is 5.83 Å². The molecule has 1 aliphatic heterocycles. The summed E-state index contributed by atoms with van der Waals surface area (Å²) in [5.74, 6) is 0.382. The maximum Gasteiger partial charge on any atom is 0.219 e. The third-order valence-electron chi connectivity index (χ3n) is 4.96. The Morgan fingerprint density at radius 3 is 2.96 bits per heavy atom. The molecule has 2 aliphatic rings. The molecule has 0 saturated carbocycles. The summed E-state index contributed by atoms with van der Waals surface area (Å²) in [5, 5.41) is 14.4. The van der Waals surface area contributed by atoms with Gasteiger partial charge in [0.15, 0.2) is 5.82 Å². The molecule has 0 radical (unpaired) electrons. The van der Waals surface area contributed by atoms with E-state index in [2.05, 4.69) is 20.6 Å². The van der Waals surface area contributed by atoms with Gasteiger partial charge in [0.2, 0.25) is 5.91 Å². The Balaban J connectivity index is 1.59. The van der Waals surface area contributed by atoms with Gasteiger partial charge in [-0.05, 0) is 12.5 Å². The number of nitrogens with zero attached hydrogens (tertiary/aromatic N) is 4. The largest absolute Gasteiger partial charge is 0.339 e. The Labute approximate surface area is 156 Å². The molecular weight excluding hydrogens is 347 g/mol. The Kier molecular flexibility index (Phi) is 4.39. The Morgan fingerprint density at radius 1 is 1.37 bits per heavy atom. The monoisotopic (exact) mass is 368 g/mol. The van der Waals surface area contributed by atoms with Crippen LogP contribution in [0.5, 0.6) is 0 Å². The van der Waals surface area contributed by atoms with Crippen LogP contribution >= 0.6 is 0 Å². The summed E-state index contributed by atoms with van der Waals surface area (Å²) < 4.78 is 16.6. The Hall–Kier alpha value is -3.16. The fraction of sp³-hybridized carbons (Fsp3) is 0.316. The molecule has 0 bridgehead atoms. The molecule has 0 saturated heterocycles. The Bertz CT molecular complexity index is 967. The van der Waals surface area contributed by atoms with Gasteiger partial charge < -0.3 is 10.2 Å². The van der Waals surface area contributed by atoms with E-state index in [1.54, 1.807) is 24.2 Å². The van der Waals surface area contributed by atoms with E-state index < -0.39 is 0 Å². The van der Waals surface area contributed by atoms with E-state index in [1.807, 2.05) is 23.9 Å². The smallest absolute Gasteiger partial charge is 0.219 e. The van der Waals surface area contributed by atoms with Crippen molar-refractivity contribution in [1.29, 1.82) is 0 Å². The number of carbonyl (C=O) groups excluding carboxylic acids is 1. The molecule has 0 aromatic carbocycles. The average molecular weight is 368 g/mol. The van der Waals surface area contributed by atoms with E-state index in [1.165, 1.54) is 6.08 Å². The van der Waals surface area contributed by atoms with Crippen LogP contribution in [0.3, 0.4) is 0 Å².